The maximum atomic E-state index is 13.2. The molecule has 0 amide bonds. The van der Waals surface area contributed by atoms with Gasteiger partial charge in [0, 0.05) is 12.1 Å². The van der Waals surface area contributed by atoms with Crippen molar-refractivity contribution in [3.63, 3.8) is 0 Å². The van der Waals surface area contributed by atoms with E-state index in [1.165, 1.54) is 18.2 Å². The van der Waals surface area contributed by atoms with Crippen LogP contribution in [0, 0.1) is 0 Å². The molecule has 0 fully saturated rings. The van der Waals surface area contributed by atoms with Gasteiger partial charge in [-0.05, 0) is 29.8 Å². The van der Waals surface area contributed by atoms with Gasteiger partial charge in [0.25, 0.3) is 0 Å². The lowest BCUT2D eigenvalue weighted by atomic mass is 10.0. The molecule has 3 rings (SSSR count). The van der Waals surface area contributed by atoms with Crippen molar-refractivity contribution in [2.75, 3.05) is 24.7 Å². The molecule has 1 heterocycles. The van der Waals surface area contributed by atoms with Gasteiger partial charge < -0.3 is 14.7 Å². The zero-order valence-corrected chi connectivity index (χ0v) is 13.2. The third-order valence-electron chi connectivity index (χ3n) is 4.07. The maximum absolute atomic E-state index is 13.2. The Hall–Kier alpha value is -2.54. The quantitative estimate of drug-likeness (QED) is 0.859. The molecule has 7 heteroatoms. The van der Waals surface area contributed by atoms with Crippen LogP contribution in [-0.2, 0) is 12.7 Å². The molecule has 0 saturated carbocycles. The fourth-order valence-electron chi connectivity index (χ4n) is 2.84. The van der Waals surface area contributed by atoms with Gasteiger partial charge in [-0.1, -0.05) is 18.2 Å². The molecule has 0 saturated heterocycles. The number of fused-ring (bicyclic) bond motifs is 1. The fourth-order valence-corrected chi connectivity index (χ4v) is 2.84. The molecular weight excluding hydrogens is 335 g/mol. The zero-order chi connectivity index (χ0) is 18.0. The van der Waals surface area contributed by atoms with Crippen molar-refractivity contribution in [3.05, 3.63) is 59.2 Å². The SMILES string of the molecule is O=C(CO)c1ccc2c(c1)N(Cc1ccccc1C(F)(F)F)CCO2. The zero-order valence-electron chi connectivity index (χ0n) is 13.2. The number of alkyl halides is 3. The smallest absolute Gasteiger partial charge is 0.416 e. The summed E-state index contributed by atoms with van der Waals surface area (Å²) in [5, 5.41) is 9.00. The summed E-state index contributed by atoms with van der Waals surface area (Å²) < 4.78 is 45.1. The third kappa shape index (κ3) is 3.61. The summed E-state index contributed by atoms with van der Waals surface area (Å²) >= 11 is 0. The number of hydrogen-bond donors (Lipinski definition) is 1. The number of carbonyl (C=O) groups is 1. The summed E-state index contributed by atoms with van der Waals surface area (Å²) in [5.41, 5.74) is 0.316. The molecule has 0 atom stereocenters. The van der Waals surface area contributed by atoms with Gasteiger partial charge in [0.1, 0.15) is 19.0 Å². The molecule has 25 heavy (non-hydrogen) atoms. The van der Waals surface area contributed by atoms with Crippen LogP contribution in [-0.4, -0.2) is 30.6 Å². The van der Waals surface area contributed by atoms with E-state index in [1.54, 1.807) is 23.1 Å². The Morgan fingerprint density at radius 1 is 1.20 bits per heavy atom. The average Bonchev–Trinajstić information content (AvgIpc) is 2.60. The van der Waals surface area contributed by atoms with E-state index < -0.39 is 24.1 Å². The van der Waals surface area contributed by atoms with Gasteiger partial charge >= 0.3 is 6.18 Å². The molecule has 0 radical (unpaired) electrons. The Labute approximate surface area is 142 Å². The van der Waals surface area contributed by atoms with Crippen LogP contribution >= 0.6 is 0 Å². The van der Waals surface area contributed by atoms with Gasteiger partial charge in [0.05, 0.1) is 17.8 Å². The molecule has 0 aliphatic carbocycles. The standard InChI is InChI=1S/C18H16F3NO3/c19-18(20,21)14-4-2-1-3-13(14)10-22-7-8-25-17-6-5-12(9-15(17)22)16(24)11-23/h1-6,9,23H,7-8,10-11H2. The molecule has 0 bridgehead atoms. The Kier molecular flexibility index (Phi) is 4.67. The minimum Gasteiger partial charge on any atom is -0.490 e. The Bertz CT molecular complexity index is 789. The van der Waals surface area contributed by atoms with Gasteiger partial charge in [0.15, 0.2) is 5.78 Å². The van der Waals surface area contributed by atoms with Crippen molar-refractivity contribution in [2.24, 2.45) is 0 Å². The lowest BCUT2D eigenvalue weighted by Gasteiger charge is -2.32. The third-order valence-corrected chi connectivity index (χ3v) is 4.07. The largest absolute Gasteiger partial charge is 0.490 e. The summed E-state index contributed by atoms with van der Waals surface area (Å²) in [4.78, 5) is 13.4. The number of ether oxygens (including phenoxy) is 1. The first-order valence-corrected chi connectivity index (χ1v) is 7.71. The van der Waals surface area contributed by atoms with Gasteiger partial charge in [0.2, 0.25) is 0 Å². The number of benzene rings is 2. The lowest BCUT2D eigenvalue weighted by molar-refractivity contribution is -0.138. The number of nitrogens with zero attached hydrogens (tertiary/aromatic N) is 1. The van der Waals surface area contributed by atoms with E-state index in [1.807, 2.05) is 0 Å². The second-order valence-electron chi connectivity index (χ2n) is 5.69. The molecular formula is C18H16F3NO3. The van der Waals surface area contributed by atoms with Gasteiger partial charge in [-0.3, -0.25) is 4.79 Å². The van der Waals surface area contributed by atoms with Crippen LogP contribution < -0.4 is 9.64 Å². The van der Waals surface area contributed by atoms with E-state index in [4.69, 9.17) is 9.84 Å². The van der Waals surface area contributed by atoms with Crippen LogP contribution in [0.1, 0.15) is 21.5 Å². The Morgan fingerprint density at radius 2 is 1.96 bits per heavy atom. The lowest BCUT2D eigenvalue weighted by Crippen LogP contribution is -2.33. The van der Waals surface area contributed by atoms with Crippen LogP contribution in [0.2, 0.25) is 0 Å². The number of carbonyl (C=O) groups excluding carboxylic acids is 1. The highest BCUT2D eigenvalue weighted by atomic mass is 19.4. The van der Waals surface area contributed by atoms with E-state index in [0.717, 1.165) is 6.07 Å². The topological polar surface area (TPSA) is 49.8 Å². The van der Waals surface area contributed by atoms with Gasteiger partial charge in [-0.25, -0.2) is 0 Å². The van der Waals surface area contributed by atoms with E-state index in [0.29, 0.717) is 30.2 Å². The summed E-state index contributed by atoms with van der Waals surface area (Å²) in [6.07, 6.45) is -4.43. The number of hydrogen-bond acceptors (Lipinski definition) is 4. The fraction of sp³-hybridized carbons (Fsp3) is 0.278. The minimum atomic E-state index is -4.43. The van der Waals surface area contributed by atoms with Crippen LogP contribution in [0.25, 0.3) is 0 Å². The van der Waals surface area contributed by atoms with Crippen molar-refractivity contribution in [2.45, 2.75) is 12.7 Å². The van der Waals surface area contributed by atoms with Crippen molar-refractivity contribution < 1.29 is 27.8 Å². The molecule has 1 aliphatic heterocycles. The summed E-state index contributed by atoms with van der Waals surface area (Å²) in [7, 11) is 0. The molecule has 4 nitrogen and oxygen atoms in total. The second-order valence-corrected chi connectivity index (χ2v) is 5.69. The molecule has 1 aliphatic rings. The molecule has 2 aromatic carbocycles. The number of ketones is 1. The number of Topliss-reactive ketones (excluding diaryl/α,β-unsaturated/α-hetero) is 1. The maximum Gasteiger partial charge on any atom is 0.416 e. The minimum absolute atomic E-state index is 0.0445. The molecule has 1 N–H and O–H groups in total. The monoisotopic (exact) mass is 351 g/mol. The van der Waals surface area contributed by atoms with Crippen LogP contribution in [0.4, 0.5) is 18.9 Å². The predicted molar refractivity (Wildman–Crippen MR) is 85.8 cm³/mol. The normalized spacial score (nSPS) is 14.0. The van der Waals surface area contributed by atoms with E-state index >= 15 is 0 Å². The Morgan fingerprint density at radius 3 is 2.68 bits per heavy atom. The number of aliphatic hydroxyl groups is 1. The highest BCUT2D eigenvalue weighted by Crippen LogP contribution is 2.36. The summed E-state index contributed by atoms with van der Waals surface area (Å²) in [5.74, 6) is 0.0502. The first kappa shape index (κ1) is 17.3. The number of anilines is 1. The number of rotatable bonds is 4. The predicted octanol–water partition coefficient (Wildman–Crippen LogP) is 3.28. The van der Waals surface area contributed by atoms with Crippen molar-refractivity contribution >= 4 is 11.5 Å². The first-order chi connectivity index (χ1) is 11.9. The first-order valence-electron chi connectivity index (χ1n) is 7.71. The number of halogens is 3. The van der Waals surface area contributed by atoms with Crippen LogP contribution in [0.3, 0.4) is 0 Å². The average molecular weight is 351 g/mol. The van der Waals surface area contributed by atoms with Gasteiger partial charge in [-0.2, -0.15) is 13.2 Å². The van der Waals surface area contributed by atoms with Crippen molar-refractivity contribution in [3.8, 4) is 5.75 Å². The van der Waals surface area contributed by atoms with E-state index in [9.17, 15) is 18.0 Å². The molecule has 0 spiro atoms. The molecule has 0 unspecified atom stereocenters. The highest BCUT2D eigenvalue weighted by molar-refractivity contribution is 5.98. The number of aliphatic hydroxyl groups excluding tert-OH is 1. The Balaban J connectivity index is 1.95. The van der Waals surface area contributed by atoms with E-state index in [2.05, 4.69) is 0 Å². The van der Waals surface area contributed by atoms with Crippen LogP contribution in [0.15, 0.2) is 42.5 Å². The second kappa shape index (κ2) is 6.76. The summed E-state index contributed by atoms with van der Waals surface area (Å²) in [6.45, 7) is 0.157. The van der Waals surface area contributed by atoms with Crippen LogP contribution in [0.5, 0.6) is 5.75 Å². The van der Waals surface area contributed by atoms with E-state index in [-0.39, 0.29) is 12.1 Å². The molecule has 2 aromatic rings. The summed E-state index contributed by atoms with van der Waals surface area (Å²) in [6, 6.07) is 10.1. The molecule has 0 aromatic heterocycles. The van der Waals surface area contributed by atoms with Crippen molar-refractivity contribution in [1.29, 1.82) is 0 Å². The molecule has 132 valence electrons. The van der Waals surface area contributed by atoms with Crippen molar-refractivity contribution in [1.82, 2.24) is 0 Å². The highest BCUT2D eigenvalue weighted by Gasteiger charge is 2.33. The van der Waals surface area contributed by atoms with Gasteiger partial charge in [-0.15, -0.1) is 0 Å².